The van der Waals surface area contributed by atoms with Crippen molar-refractivity contribution in [2.75, 3.05) is 25.0 Å². The summed E-state index contributed by atoms with van der Waals surface area (Å²) in [5.74, 6) is 0.192. The van der Waals surface area contributed by atoms with Gasteiger partial charge in [0.05, 0.1) is 35.6 Å². The second-order valence-electron chi connectivity index (χ2n) is 7.75. The fourth-order valence-electron chi connectivity index (χ4n) is 3.17. The molecular weight excluding hydrogens is 472 g/mol. The Bertz CT molecular complexity index is 1090. The highest BCUT2D eigenvalue weighted by Gasteiger charge is 2.23. The summed E-state index contributed by atoms with van der Waals surface area (Å²) < 4.78 is 14.0. The molecule has 0 saturated heterocycles. The molecule has 0 radical (unpaired) electrons. The zero-order valence-corrected chi connectivity index (χ0v) is 20.8. The molecule has 3 aromatic rings. The lowest BCUT2D eigenvalue weighted by molar-refractivity contribution is 0.0929. The molecule has 1 aliphatic rings. The summed E-state index contributed by atoms with van der Waals surface area (Å²) in [4.78, 5) is 31.3. The van der Waals surface area contributed by atoms with Gasteiger partial charge in [-0.05, 0) is 56.7 Å². The van der Waals surface area contributed by atoms with Gasteiger partial charge in [0.15, 0.2) is 5.01 Å². The number of hydrogen-bond acceptors (Lipinski definition) is 10. The predicted octanol–water partition coefficient (Wildman–Crippen LogP) is 4.51. The van der Waals surface area contributed by atoms with Gasteiger partial charge >= 0.3 is 0 Å². The molecule has 4 rings (SSSR count). The van der Waals surface area contributed by atoms with Gasteiger partial charge in [0.1, 0.15) is 5.69 Å². The van der Waals surface area contributed by atoms with E-state index in [4.69, 9.17) is 9.47 Å². The highest BCUT2D eigenvalue weighted by atomic mass is 32.2. The molecule has 1 amide bonds. The number of thiazole rings is 1. The molecule has 1 unspecified atom stereocenters. The van der Waals surface area contributed by atoms with Crippen LogP contribution in [0.3, 0.4) is 0 Å². The lowest BCUT2D eigenvalue weighted by Gasteiger charge is -2.18. The number of anilines is 1. The molecule has 2 N–H and O–H groups in total. The summed E-state index contributed by atoms with van der Waals surface area (Å²) >= 11 is 3.01. The van der Waals surface area contributed by atoms with E-state index in [9.17, 15) is 4.79 Å². The van der Waals surface area contributed by atoms with E-state index in [1.54, 1.807) is 43.8 Å². The van der Waals surface area contributed by atoms with E-state index < -0.39 is 0 Å². The number of carbonyl (C=O) groups excluding carboxylic acids is 1. The number of nitrogens with one attached hydrogen (secondary N) is 2. The number of pyridine rings is 1. The highest BCUT2D eigenvalue weighted by Crippen LogP contribution is 2.34. The number of hydrogen-bond donors (Lipinski definition) is 2. The number of amides is 1. The van der Waals surface area contributed by atoms with Crippen LogP contribution in [0, 0.1) is 0 Å². The minimum atomic E-state index is -0.260. The number of nitrogens with zero attached hydrogens (tertiary/aromatic N) is 4. The SMILES string of the molecule is CCOc1cncc(-c2cnc(C(=O)NC(CCCOC)c3cc(NSC4CC4)ccn3)s2)n1. The largest absolute Gasteiger partial charge is 0.477 e. The van der Waals surface area contributed by atoms with Gasteiger partial charge in [-0.1, -0.05) is 0 Å². The third kappa shape index (κ3) is 6.87. The predicted molar refractivity (Wildman–Crippen MR) is 134 cm³/mol. The molecule has 3 heterocycles. The van der Waals surface area contributed by atoms with Crippen LogP contribution in [0.15, 0.2) is 36.9 Å². The normalized spacial score (nSPS) is 13.9. The van der Waals surface area contributed by atoms with Crippen molar-refractivity contribution in [3.63, 3.8) is 0 Å². The molecule has 9 nitrogen and oxygen atoms in total. The van der Waals surface area contributed by atoms with Gasteiger partial charge in [-0.3, -0.25) is 14.8 Å². The molecule has 1 saturated carbocycles. The Labute approximate surface area is 207 Å². The molecule has 180 valence electrons. The summed E-state index contributed by atoms with van der Waals surface area (Å²) in [5.41, 5.74) is 2.41. The van der Waals surface area contributed by atoms with E-state index in [1.165, 1.54) is 24.2 Å². The zero-order valence-electron chi connectivity index (χ0n) is 19.2. The number of rotatable bonds is 13. The van der Waals surface area contributed by atoms with E-state index in [1.807, 2.05) is 19.1 Å². The van der Waals surface area contributed by atoms with Crippen LogP contribution in [0.5, 0.6) is 5.88 Å². The van der Waals surface area contributed by atoms with Crippen molar-refractivity contribution in [2.45, 2.75) is 43.9 Å². The monoisotopic (exact) mass is 500 g/mol. The molecule has 1 atom stereocenters. The Balaban J connectivity index is 1.46. The Morgan fingerprint density at radius 2 is 2.18 bits per heavy atom. The van der Waals surface area contributed by atoms with Crippen LogP contribution in [0.2, 0.25) is 0 Å². The Morgan fingerprint density at radius 1 is 1.29 bits per heavy atom. The van der Waals surface area contributed by atoms with Crippen LogP contribution in [-0.2, 0) is 4.74 Å². The minimum absolute atomic E-state index is 0.250. The van der Waals surface area contributed by atoms with Gasteiger partial charge in [-0.2, -0.15) is 0 Å². The number of ether oxygens (including phenoxy) is 2. The summed E-state index contributed by atoms with van der Waals surface area (Å²) in [6.45, 7) is 3.00. The molecule has 0 bridgehead atoms. The van der Waals surface area contributed by atoms with Crippen LogP contribution >= 0.6 is 23.3 Å². The lowest BCUT2D eigenvalue weighted by atomic mass is 10.1. The van der Waals surface area contributed by atoms with Crippen LogP contribution in [-0.4, -0.2) is 51.4 Å². The summed E-state index contributed by atoms with van der Waals surface area (Å²) in [6, 6.07) is 3.68. The van der Waals surface area contributed by atoms with Crippen LogP contribution in [0.1, 0.15) is 54.1 Å². The van der Waals surface area contributed by atoms with Crippen LogP contribution in [0.25, 0.3) is 10.6 Å². The fraction of sp³-hybridized carbons (Fsp3) is 0.435. The molecule has 34 heavy (non-hydrogen) atoms. The van der Waals surface area contributed by atoms with Crippen LogP contribution < -0.4 is 14.8 Å². The molecule has 11 heteroatoms. The van der Waals surface area contributed by atoms with E-state index in [0.29, 0.717) is 41.5 Å². The summed E-state index contributed by atoms with van der Waals surface area (Å²) in [5, 5.41) is 4.15. The van der Waals surface area contributed by atoms with E-state index in [-0.39, 0.29) is 11.9 Å². The molecule has 1 fully saturated rings. The van der Waals surface area contributed by atoms with Gasteiger partial charge in [0.25, 0.3) is 5.91 Å². The first-order valence-electron chi connectivity index (χ1n) is 11.2. The second-order valence-corrected chi connectivity index (χ2v) is 9.89. The van der Waals surface area contributed by atoms with Crippen LogP contribution in [0.4, 0.5) is 5.69 Å². The Kier molecular flexibility index (Phi) is 8.67. The van der Waals surface area contributed by atoms with Gasteiger partial charge in [-0.15, -0.1) is 11.3 Å². The molecule has 0 aromatic carbocycles. The number of carbonyl (C=O) groups is 1. The average molecular weight is 501 g/mol. The second kappa shape index (κ2) is 12.1. The van der Waals surface area contributed by atoms with Gasteiger partial charge < -0.3 is 19.5 Å². The maximum absolute atomic E-state index is 13.1. The quantitative estimate of drug-likeness (QED) is 0.258. The van der Waals surface area contributed by atoms with Crippen molar-refractivity contribution in [1.29, 1.82) is 0 Å². The van der Waals surface area contributed by atoms with Crippen molar-refractivity contribution < 1.29 is 14.3 Å². The number of aromatic nitrogens is 4. The third-order valence-electron chi connectivity index (χ3n) is 5.01. The highest BCUT2D eigenvalue weighted by molar-refractivity contribution is 8.01. The third-order valence-corrected chi connectivity index (χ3v) is 7.19. The number of methoxy groups -OCH3 is 1. The van der Waals surface area contributed by atoms with Crippen molar-refractivity contribution >= 4 is 34.9 Å². The first-order valence-corrected chi connectivity index (χ1v) is 12.9. The summed E-state index contributed by atoms with van der Waals surface area (Å²) in [6.07, 6.45) is 10.6. The topological polar surface area (TPSA) is 111 Å². The molecular formula is C23H28N6O3S2. The Morgan fingerprint density at radius 3 is 2.97 bits per heavy atom. The van der Waals surface area contributed by atoms with Gasteiger partial charge in [0.2, 0.25) is 5.88 Å². The van der Waals surface area contributed by atoms with E-state index in [2.05, 4.69) is 30.0 Å². The standard InChI is InChI=1S/C23H28N6O3S2/c1-3-32-21-14-24-12-19(27-21)20-13-26-23(33-20)22(30)28-17(5-4-10-31-2)18-11-15(8-9-25-18)29-34-16-6-7-16/h8-9,11-14,16-17H,3-7,10H2,1-2H3,(H,25,29)(H,28,30). The Hall–Kier alpha value is -2.76. The van der Waals surface area contributed by atoms with Crippen molar-refractivity contribution in [2.24, 2.45) is 0 Å². The lowest BCUT2D eigenvalue weighted by Crippen LogP contribution is -2.29. The first-order chi connectivity index (χ1) is 16.7. The zero-order chi connectivity index (χ0) is 23.8. The van der Waals surface area contributed by atoms with E-state index >= 15 is 0 Å². The smallest absolute Gasteiger partial charge is 0.280 e. The molecule has 3 aromatic heterocycles. The van der Waals surface area contributed by atoms with E-state index in [0.717, 1.165) is 22.7 Å². The minimum Gasteiger partial charge on any atom is -0.477 e. The molecule has 0 spiro atoms. The maximum atomic E-state index is 13.1. The van der Waals surface area contributed by atoms with Crippen molar-refractivity contribution in [3.8, 4) is 16.5 Å². The summed E-state index contributed by atoms with van der Waals surface area (Å²) in [7, 11) is 1.67. The van der Waals surface area contributed by atoms with Crippen molar-refractivity contribution in [3.05, 3.63) is 47.6 Å². The molecule has 0 aliphatic heterocycles. The first kappa shape index (κ1) is 24.4. The van der Waals surface area contributed by atoms with Crippen molar-refractivity contribution in [1.82, 2.24) is 25.3 Å². The van der Waals surface area contributed by atoms with Gasteiger partial charge in [0, 0.05) is 37.0 Å². The molecule has 1 aliphatic carbocycles. The van der Waals surface area contributed by atoms with Gasteiger partial charge in [-0.25, -0.2) is 9.97 Å². The maximum Gasteiger partial charge on any atom is 0.280 e. The fourth-order valence-corrected chi connectivity index (χ4v) is 4.74. The average Bonchev–Trinajstić information content (AvgIpc) is 3.56.